The lowest BCUT2D eigenvalue weighted by Gasteiger charge is -2.43. The zero-order valence-corrected chi connectivity index (χ0v) is 19.9. The van der Waals surface area contributed by atoms with Crippen LogP contribution in [0.1, 0.15) is 67.6 Å². The molecule has 2 fully saturated rings. The van der Waals surface area contributed by atoms with Crippen LogP contribution in [0.25, 0.3) is 0 Å². The van der Waals surface area contributed by atoms with E-state index in [9.17, 15) is 19.2 Å². The molecule has 14 nitrogen and oxygen atoms in total. The highest BCUT2D eigenvalue weighted by atomic mass is 16.7. The molecule has 2 saturated heterocycles. The van der Waals surface area contributed by atoms with E-state index in [1.165, 1.54) is 22.5 Å². The van der Waals surface area contributed by atoms with Crippen LogP contribution in [0.2, 0.25) is 0 Å². The Kier molecular flexibility index (Phi) is 6.10. The van der Waals surface area contributed by atoms with E-state index >= 15 is 0 Å². The van der Waals surface area contributed by atoms with Gasteiger partial charge < -0.3 is 28.9 Å². The summed E-state index contributed by atoms with van der Waals surface area (Å²) in [4.78, 5) is 64.7. The van der Waals surface area contributed by atoms with Gasteiger partial charge in [-0.05, 0) is 12.8 Å². The maximum atomic E-state index is 12.3. The van der Waals surface area contributed by atoms with Gasteiger partial charge in [0.25, 0.3) is 23.6 Å². The van der Waals surface area contributed by atoms with Crippen LogP contribution in [-0.2, 0) is 18.9 Å². The number of imide groups is 2. The predicted octanol–water partition coefficient (Wildman–Crippen LogP) is 0.318. The summed E-state index contributed by atoms with van der Waals surface area (Å²) in [5.74, 6) is -1.50. The van der Waals surface area contributed by atoms with Crippen molar-refractivity contribution in [1.29, 1.82) is 0 Å². The van der Waals surface area contributed by atoms with Crippen LogP contribution in [0, 0.1) is 5.41 Å². The first-order chi connectivity index (χ1) is 18.0. The highest BCUT2D eigenvalue weighted by molar-refractivity contribution is 6.20. The number of fused-ring (bicyclic) bond motifs is 2. The number of aromatic nitrogens is 4. The average Bonchev–Trinajstić information content (AvgIpc) is 3.67. The lowest BCUT2D eigenvalue weighted by molar-refractivity contribution is -0.304. The highest BCUT2D eigenvalue weighted by Crippen LogP contribution is 2.32. The summed E-state index contributed by atoms with van der Waals surface area (Å²) in [5, 5.41) is 0. The molecule has 1 spiro atoms. The largest absolute Gasteiger partial charge is 0.352 e. The van der Waals surface area contributed by atoms with Crippen LogP contribution in [0.4, 0.5) is 0 Å². The van der Waals surface area contributed by atoms with Gasteiger partial charge in [0.2, 0.25) is 0 Å². The molecule has 0 bridgehead atoms. The molecule has 4 aliphatic rings. The van der Waals surface area contributed by atoms with E-state index < -0.39 is 18.0 Å². The average molecular weight is 514 g/mol. The molecule has 4 amide bonds. The summed E-state index contributed by atoms with van der Waals surface area (Å²) in [5.41, 5.74) is 0.393. The number of aromatic amines is 2. The van der Waals surface area contributed by atoms with Crippen LogP contribution >= 0.6 is 0 Å². The quantitative estimate of drug-likeness (QED) is 0.468. The molecule has 4 aliphatic heterocycles. The Bertz CT molecular complexity index is 1060. The second-order valence-corrected chi connectivity index (χ2v) is 9.66. The Hall–Kier alpha value is -3.46. The number of hydrogen-bond donors (Lipinski definition) is 2. The molecule has 0 aliphatic carbocycles. The van der Waals surface area contributed by atoms with Crippen LogP contribution < -0.4 is 0 Å². The van der Waals surface area contributed by atoms with Gasteiger partial charge in [-0.25, -0.2) is 9.97 Å². The van der Waals surface area contributed by atoms with Gasteiger partial charge in [-0.3, -0.25) is 29.0 Å². The summed E-state index contributed by atoms with van der Waals surface area (Å²) in [6.07, 6.45) is 3.96. The van der Waals surface area contributed by atoms with Crippen LogP contribution in [0.5, 0.6) is 0 Å². The normalized spacial score (nSPS) is 27.5. The van der Waals surface area contributed by atoms with E-state index in [0.717, 1.165) is 0 Å². The number of carbonyl (C=O) groups is 4. The zero-order valence-electron chi connectivity index (χ0n) is 19.9. The fourth-order valence-electron chi connectivity index (χ4n) is 4.95. The Balaban J connectivity index is 0.886. The third kappa shape index (κ3) is 4.25. The van der Waals surface area contributed by atoms with Gasteiger partial charge in [-0.15, -0.1) is 0 Å². The summed E-state index contributed by atoms with van der Waals surface area (Å²) in [6, 6.07) is 0. The molecule has 6 heterocycles. The summed E-state index contributed by atoms with van der Waals surface area (Å²) < 4.78 is 23.5. The fourth-order valence-corrected chi connectivity index (χ4v) is 4.95. The predicted molar refractivity (Wildman–Crippen MR) is 120 cm³/mol. The number of H-pyrrole nitrogens is 2. The first kappa shape index (κ1) is 23.9. The maximum absolute atomic E-state index is 12.3. The van der Waals surface area contributed by atoms with E-state index in [1.807, 2.05) is 0 Å². The number of nitrogens with zero attached hydrogens (tertiary/aromatic N) is 4. The SMILES string of the molecule is O=C1c2nc[nH]c2C(=O)N1CCCC1OCC2(CO1)COC(CCCN1C(=O)c3nc[nH]c3C1=O)OC2. The van der Waals surface area contributed by atoms with Crippen molar-refractivity contribution in [3.63, 3.8) is 0 Å². The highest BCUT2D eigenvalue weighted by Gasteiger charge is 2.43. The van der Waals surface area contributed by atoms with Gasteiger partial charge in [0.1, 0.15) is 11.4 Å². The second kappa shape index (κ2) is 9.45. The van der Waals surface area contributed by atoms with Crippen molar-refractivity contribution in [2.75, 3.05) is 39.5 Å². The van der Waals surface area contributed by atoms with Gasteiger partial charge in [-0.2, -0.15) is 0 Å². The summed E-state index contributed by atoms with van der Waals surface area (Å²) >= 11 is 0. The number of hydrogen-bond acceptors (Lipinski definition) is 10. The van der Waals surface area contributed by atoms with Crippen molar-refractivity contribution < 1.29 is 38.1 Å². The van der Waals surface area contributed by atoms with Gasteiger partial charge >= 0.3 is 0 Å². The fraction of sp³-hybridized carbons (Fsp3) is 0.565. The first-order valence-corrected chi connectivity index (χ1v) is 12.2. The van der Waals surface area contributed by atoms with E-state index in [2.05, 4.69) is 19.9 Å². The molecule has 0 aromatic carbocycles. The van der Waals surface area contributed by atoms with Gasteiger partial charge in [0, 0.05) is 25.9 Å². The minimum Gasteiger partial charge on any atom is -0.352 e. The van der Waals surface area contributed by atoms with Gasteiger partial charge in [0.05, 0.1) is 44.5 Å². The minimum atomic E-state index is -0.434. The molecule has 2 N–H and O–H groups in total. The van der Waals surface area contributed by atoms with Crippen molar-refractivity contribution in [2.45, 2.75) is 38.3 Å². The molecule has 196 valence electrons. The lowest BCUT2D eigenvalue weighted by atomic mass is 9.90. The van der Waals surface area contributed by atoms with Crippen LogP contribution in [0.3, 0.4) is 0 Å². The molecule has 0 radical (unpaired) electrons. The van der Waals surface area contributed by atoms with Crippen LogP contribution in [-0.4, -0.2) is 105 Å². The van der Waals surface area contributed by atoms with E-state index in [-0.39, 0.29) is 59.5 Å². The Morgan fingerprint density at radius 3 is 1.49 bits per heavy atom. The van der Waals surface area contributed by atoms with Gasteiger partial charge in [-0.1, -0.05) is 0 Å². The number of nitrogens with one attached hydrogen (secondary N) is 2. The molecular weight excluding hydrogens is 488 g/mol. The zero-order chi connectivity index (χ0) is 25.6. The lowest BCUT2D eigenvalue weighted by Crippen LogP contribution is -2.52. The van der Waals surface area contributed by atoms with Crippen LogP contribution in [0.15, 0.2) is 12.7 Å². The summed E-state index contributed by atoms with van der Waals surface area (Å²) in [7, 11) is 0. The van der Waals surface area contributed by atoms with Crippen molar-refractivity contribution >= 4 is 23.6 Å². The molecule has 6 rings (SSSR count). The first-order valence-electron chi connectivity index (χ1n) is 12.2. The Morgan fingerprint density at radius 2 is 1.11 bits per heavy atom. The van der Waals surface area contributed by atoms with E-state index in [1.54, 1.807) is 0 Å². The molecular formula is C23H26N6O8. The number of rotatable bonds is 8. The van der Waals surface area contributed by atoms with Crippen molar-refractivity contribution in [3.05, 3.63) is 35.4 Å². The second-order valence-electron chi connectivity index (χ2n) is 9.66. The molecule has 2 aromatic rings. The molecule has 0 saturated carbocycles. The summed E-state index contributed by atoms with van der Waals surface area (Å²) in [6.45, 7) is 2.15. The van der Waals surface area contributed by atoms with Crippen molar-refractivity contribution in [2.24, 2.45) is 5.41 Å². The molecule has 0 unspecified atom stereocenters. The minimum absolute atomic E-state index is 0.165. The topological polar surface area (TPSA) is 169 Å². The standard InChI is InChI=1S/C23H26N6O8/c30-19-15-16(25-11-24-15)20(31)28(19)5-1-3-13-34-7-23(8-35-13)9-36-14(37-10-23)4-2-6-29-21(32)17-18(22(29)33)27-12-26-17/h11-14H,1-10H2,(H,24,25)(H,26,27). The maximum Gasteiger partial charge on any atom is 0.281 e. The number of amides is 4. The molecule has 2 aromatic heterocycles. The number of ether oxygens (including phenoxy) is 4. The number of carbonyl (C=O) groups excluding carboxylic acids is 4. The molecule has 14 heteroatoms. The third-order valence-corrected chi connectivity index (χ3v) is 7.04. The Labute approximate surface area is 210 Å². The van der Waals surface area contributed by atoms with E-state index in [0.29, 0.717) is 52.1 Å². The van der Waals surface area contributed by atoms with E-state index in [4.69, 9.17) is 18.9 Å². The van der Waals surface area contributed by atoms with Crippen molar-refractivity contribution in [3.8, 4) is 0 Å². The Morgan fingerprint density at radius 1 is 0.703 bits per heavy atom. The van der Waals surface area contributed by atoms with Gasteiger partial charge in [0.15, 0.2) is 24.0 Å². The number of imidazole rings is 2. The molecule has 37 heavy (non-hydrogen) atoms. The molecule has 0 atom stereocenters. The third-order valence-electron chi connectivity index (χ3n) is 7.04. The monoisotopic (exact) mass is 514 g/mol. The van der Waals surface area contributed by atoms with Crippen molar-refractivity contribution in [1.82, 2.24) is 29.7 Å². The smallest absolute Gasteiger partial charge is 0.281 e.